The normalized spacial score (nSPS) is 17.0. The number of imidazole rings is 1. The number of hydrogen-bond donors (Lipinski definition) is 1. The van der Waals surface area contributed by atoms with Gasteiger partial charge in [-0.2, -0.15) is 5.10 Å². The average Bonchev–Trinajstić information content (AvgIpc) is 3.01. The third-order valence-corrected chi connectivity index (χ3v) is 4.38. The number of para-hydroxylation sites is 1. The number of benzene rings is 1. The predicted molar refractivity (Wildman–Crippen MR) is 84.4 cm³/mol. The van der Waals surface area contributed by atoms with Crippen molar-refractivity contribution in [1.82, 2.24) is 19.7 Å². The number of H-pyrrole nitrogens is 1. The van der Waals surface area contributed by atoms with Gasteiger partial charge in [0.05, 0.1) is 34.5 Å². The van der Waals surface area contributed by atoms with Crippen LogP contribution in [-0.4, -0.2) is 25.5 Å². The Morgan fingerprint density at radius 1 is 1.27 bits per heavy atom. The first kappa shape index (κ1) is 13.2. The quantitative estimate of drug-likeness (QED) is 0.749. The van der Waals surface area contributed by atoms with Gasteiger partial charge in [0, 0.05) is 6.42 Å². The standard InChI is InChI=1S/C17H18N4O/c1-10-15-13(7-17(2,3)8-14(15)22)21(20-10)12-6-4-5-11-16(12)19-9-18-11/h4-6,9H,7-8H2,1-3H3,(H,18,19). The molecule has 0 bridgehead atoms. The summed E-state index contributed by atoms with van der Waals surface area (Å²) in [6.45, 7) is 6.18. The van der Waals surface area contributed by atoms with E-state index < -0.39 is 0 Å². The molecule has 2 heterocycles. The maximum Gasteiger partial charge on any atom is 0.167 e. The molecule has 112 valence electrons. The highest BCUT2D eigenvalue weighted by molar-refractivity contribution is 6.00. The van der Waals surface area contributed by atoms with Crippen LogP contribution in [0.15, 0.2) is 24.5 Å². The van der Waals surface area contributed by atoms with Gasteiger partial charge in [0.2, 0.25) is 0 Å². The number of nitrogens with one attached hydrogen (secondary N) is 1. The lowest BCUT2D eigenvalue weighted by Crippen LogP contribution is -2.28. The molecule has 4 rings (SSSR count). The van der Waals surface area contributed by atoms with Crippen LogP contribution in [0.3, 0.4) is 0 Å². The van der Waals surface area contributed by atoms with E-state index in [0.29, 0.717) is 6.42 Å². The summed E-state index contributed by atoms with van der Waals surface area (Å²) in [6, 6.07) is 5.97. The number of fused-ring (bicyclic) bond motifs is 2. The van der Waals surface area contributed by atoms with Gasteiger partial charge in [-0.25, -0.2) is 9.67 Å². The Labute approximate surface area is 128 Å². The summed E-state index contributed by atoms with van der Waals surface area (Å²) in [4.78, 5) is 20.0. The molecule has 1 aliphatic rings. The zero-order valence-electron chi connectivity index (χ0n) is 13.0. The Hall–Kier alpha value is -2.43. The van der Waals surface area contributed by atoms with Crippen LogP contribution in [0.2, 0.25) is 0 Å². The number of nitrogens with zero attached hydrogens (tertiary/aromatic N) is 3. The number of aromatic nitrogens is 4. The van der Waals surface area contributed by atoms with E-state index in [-0.39, 0.29) is 11.2 Å². The van der Waals surface area contributed by atoms with Gasteiger partial charge >= 0.3 is 0 Å². The van der Waals surface area contributed by atoms with Crippen LogP contribution in [0.5, 0.6) is 0 Å². The Morgan fingerprint density at radius 2 is 2.09 bits per heavy atom. The van der Waals surface area contributed by atoms with E-state index in [2.05, 4.69) is 28.9 Å². The third kappa shape index (κ3) is 1.81. The van der Waals surface area contributed by atoms with Crippen molar-refractivity contribution in [3.63, 3.8) is 0 Å². The summed E-state index contributed by atoms with van der Waals surface area (Å²) in [7, 11) is 0. The maximum atomic E-state index is 12.5. The van der Waals surface area contributed by atoms with Crippen LogP contribution in [0.1, 0.15) is 42.0 Å². The van der Waals surface area contributed by atoms with Crippen molar-refractivity contribution in [1.29, 1.82) is 0 Å². The molecule has 0 radical (unpaired) electrons. The van der Waals surface area contributed by atoms with Gasteiger partial charge in [-0.3, -0.25) is 4.79 Å². The summed E-state index contributed by atoms with van der Waals surface area (Å²) in [6.07, 6.45) is 3.11. The van der Waals surface area contributed by atoms with E-state index in [1.807, 2.05) is 29.8 Å². The first-order valence-corrected chi connectivity index (χ1v) is 7.50. The molecule has 5 nitrogen and oxygen atoms in total. The number of aryl methyl sites for hydroxylation is 1. The molecule has 0 spiro atoms. The Kier molecular flexibility index (Phi) is 2.58. The molecule has 0 aliphatic heterocycles. The number of carbonyl (C=O) groups excluding carboxylic acids is 1. The molecule has 0 saturated heterocycles. The smallest absolute Gasteiger partial charge is 0.167 e. The molecule has 1 aliphatic carbocycles. The Balaban J connectivity index is 2.00. The Morgan fingerprint density at radius 3 is 2.91 bits per heavy atom. The molecule has 0 saturated carbocycles. The Bertz CT molecular complexity index is 901. The molecule has 0 atom stereocenters. The van der Waals surface area contributed by atoms with Crippen molar-refractivity contribution < 1.29 is 4.79 Å². The minimum Gasteiger partial charge on any atom is -0.345 e. The lowest BCUT2D eigenvalue weighted by atomic mass is 9.75. The summed E-state index contributed by atoms with van der Waals surface area (Å²) >= 11 is 0. The molecule has 0 unspecified atom stereocenters. The van der Waals surface area contributed by atoms with Gasteiger partial charge in [0.25, 0.3) is 0 Å². The zero-order chi connectivity index (χ0) is 15.5. The van der Waals surface area contributed by atoms with Gasteiger partial charge in [0.1, 0.15) is 5.52 Å². The topological polar surface area (TPSA) is 63.6 Å². The molecule has 3 aromatic rings. The van der Waals surface area contributed by atoms with Gasteiger partial charge in [-0.1, -0.05) is 19.9 Å². The fraction of sp³-hybridized carbons (Fsp3) is 0.353. The molecule has 0 fully saturated rings. The molecule has 5 heteroatoms. The highest BCUT2D eigenvalue weighted by Crippen LogP contribution is 2.37. The van der Waals surface area contributed by atoms with Gasteiger partial charge in [-0.05, 0) is 30.9 Å². The molecular weight excluding hydrogens is 276 g/mol. The minimum atomic E-state index is -0.0340. The lowest BCUT2D eigenvalue weighted by Gasteiger charge is -2.29. The number of hydrogen-bond acceptors (Lipinski definition) is 3. The molecule has 0 amide bonds. The van der Waals surface area contributed by atoms with E-state index >= 15 is 0 Å². The maximum absolute atomic E-state index is 12.5. The molecule has 22 heavy (non-hydrogen) atoms. The monoisotopic (exact) mass is 294 g/mol. The van der Waals surface area contributed by atoms with E-state index in [1.54, 1.807) is 6.33 Å². The van der Waals surface area contributed by atoms with Gasteiger partial charge in [-0.15, -0.1) is 0 Å². The number of Topliss-reactive ketones (excluding diaryl/α,β-unsaturated/α-hetero) is 1. The molecule has 2 aromatic heterocycles. The van der Waals surface area contributed by atoms with E-state index in [1.165, 1.54) is 0 Å². The third-order valence-electron chi connectivity index (χ3n) is 4.38. The number of carbonyl (C=O) groups is 1. The molecule has 1 aromatic carbocycles. The second kappa shape index (κ2) is 4.29. The first-order chi connectivity index (χ1) is 10.5. The van der Waals surface area contributed by atoms with Crippen molar-refractivity contribution in [3.8, 4) is 5.69 Å². The summed E-state index contributed by atoms with van der Waals surface area (Å²) < 4.78 is 1.91. The van der Waals surface area contributed by atoms with Crippen LogP contribution < -0.4 is 0 Å². The highest BCUT2D eigenvalue weighted by Gasteiger charge is 2.35. The fourth-order valence-corrected chi connectivity index (χ4v) is 3.46. The van der Waals surface area contributed by atoms with Gasteiger partial charge in [0.15, 0.2) is 5.78 Å². The number of rotatable bonds is 1. The number of aromatic amines is 1. The highest BCUT2D eigenvalue weighted by atomic mass is 16.1. The second-order valence-electron chi connectivity index (χ2n) is 6.84. The van der Waals surface area contributed by atoms with Crippen molar-refractivity contribution >= 4 is 16.8 Å². The molecular formula is C17H18N4O. The summed E-state index contributed by atoms with van der Waals surface area (Å²) in [5.74, 6) is 0.198. The fourth-order valence-electron chi connectivity index (χ4n) is 3.46. The average molecular weight is 294 g/mol. The lowest BCUT2D eigenvalue weighted by molar-refractivity contribution is 0.0910. The van der Waals surface area contributed by atoms with E-state index in [9.17, 15) is 4.79 Å². The SMILES string of the molecule is Cc1nn(-c2cccc3[nH]cnc23)c2c1C(=O)CC(C)(C)C2. The largest absolute Gasteiger partial charge is 0.345 e. The van der Waals surface area contributed by atoms with Crippen molar-refractivity contribution in [2.75, 3.05) is 0 Å². The van der Waals surface area contributed by atoms with E-state index in [4.69, 9.17) is 0 Å². The predicted octanol–water partition coefficient (Wildman–Crippen LogP) is 3.21. The van der Waals surface area contributed by atoms with Crippen LogP contribution in [0.25, 0.3) is 16.7 Å². The number of ketones is 1. The van der Waals surface area contributed by atoms with Crippen LogP contribution >= 0.6 is 0 Å². The minimum absolute atomic E-state index is 0.0340. The van der Waals surface area contributed by atoms with Crippen LogP contribution in [0.4, 0.5) is 0 Å². The van der Waals surface area contributed by atoms with Crippen molar-refractivity contribution in [2.45, 2.75) is 33.6 Å². The van der Waals surface area contributed by atoms with Crippen LogP contribution in [-0.2, 0) is 6.42 Å². The van der Waals surface area contributed by atoms with Crippen molar-refractivity contribution in [3.05, 3.63) is 41.5 Å². The summed E-state index contributed by atoms with van der Waals surface area (Å²) in [5.41, 5.74) is 5.36. The molecule has 1 N–H and O–H groups in total. The second-order valence-corrected chi connectivity index (χ2v) is 6.84. The van der Waals surface area contributed by atoms with Gasteiger partial charge < -0.3 is 4.98 Å². The first-order valence-electron chi connectivity index (χ1n) is 7.50. The van der Waals surface area contributed by atoms with Crippen LogP contribution in [0, 0.1) is 12.3 Å². The van der Waals surface area contributed by atoms with E-state index in [0.717, 1.165) is 40.1 Å². The summed E-state index contributed by atoms with van der Waals surface area (Å²) in [5, 5.41) is 4.65. The van der Waals surface area contributed by atoms with Crippen molar-refractivity contribution in [2.24, 2.45) is 5.41 Å². The zero-order valence-corrected chi connectivity index (χ0v) is 13.0.